The minimum absolute atomic E-state index is 0.0963. The topological polar surface area (TPSA) is 43.4 Å². The Morgan fingerprint density at radius 1 is 1.04 bits per heavy atom. The summed E-state index contributed by atoms with van der Waals surface area (Å²) in [5.74, 6) is -0.702. The van der Waals surface area contributed by atoms with Gasteiger partial charge in [0.1, 0.15) is 6.10 Å². The fourth-order valence-electron chi connectivity index (χ4n) is 3.38. The van der Waals surface area contributed by atoms with Crippen molar-refractivity contribution >= 4 is 23.1 Å². The molecule has 1 aromatic carbocycles. The number of rotatable bonds is 5. The van der Waals surface area contributed by atoms with Crippen molar-refractivity contribution in [3.05, 3.63) is 58.3 Å². The maximum atomic E-state index is 12.7. The summed E-state index contributed by atoms with van der Waals surface area (Å²) in [6, 6.07) is 13.4. The first-order valence-corrected chi connectivity index (χ1v) is 9.38. The van der Waals surface area contributed by atoms with Crippen LogP contribution in [0.4, 0.5) is 0 Å². The standard InChI is InChI=1S/C20H22O3S/c1-14(15-8-3-2-4-9-15)23-20(22)17-11-6-5-10-16(17)19(21)18-12-7-13-24-18/h2-4,7-9,12-14,16-17H,5-6,10-11H2,1H3/t14?,16-,17-/m0/s1. The normalized spacial score (nSPS) is 21.9. The molecular weight excluding hydrogens is 320 g/mol. The predicted octanol–water partition coefficient (Wildman–Crippen LogP) is 5.04. The zero-order chi connectivity index (χ0) is 16.9. The highest BCUT2D eigenvalue weighted by atomic mass is 32.1. The van der Waals surface area contributed by atoms with Gasteiger partial charge >= 0.3 is 5.97 Å². The van der Waals surface area contributed by atoms with E-state index < -0.39 is 0 Å². The summed E-state index contributed by atoms with van der Waals surface area (Å²) >= 11 is 1.45. The Hall–Kier alpha value is -1.94. The number of ketones is 1. The third-order valence-corrected chi connectivity index (χ3v) is 5.62. The van der Waals surface area contributed by atoms with Crippen molar-refractivity contribution in [2.75, 3.05) is 0 Å². The number of ether oxygens (including phenoxy) is 1. The first-order valence-electron chi connectivity index (χ1n) is 8.50. The number of Topliss-reactive ketones (excluding diaryl/α,β-unsaturated/α-hetero) is 1. The largest absolute Gasteiger partial charge is 0.458 e. The molecule has 1 unspecified atom stereocenters. The molecule has 0 N–H and O–H groups in total. The van der Waals surface area contributed by atoms with Crippen LogP contribution in [0, 0.1) is 11.8 Å². The van der Waals surface area contributed by atoms with Crippen LogP contribution >= 0.6 is 11.3 Å². The van der Waals surface area contributed by atoms with Crippen LogP contribution in [-0.4, -0.2) is 11.8 Å². The second kappa shape index (κ2) is 7.75. The van der Waals surface area contributed by atoms with E-state index in [1.165, 1.54) is 11.3 Å². The van der Waals surface area contributed by atoms with Crippen LogP contribution in [0.25, 0.3) is 0 Å². The van der Waals surface area contributed by atoms with Crippen molar-refractivity contribution in [2.24, 2.45) is 11.8 Å². The quantitative estimate of drug-likeness (QED) is 0.564. The SMILES string of the molecule is CC(OC(=O)[C@H]1CCCC[C@@H]1C(=O)c1cccs1)c1ccccc1. The second-order valence-corrected chi connectivity index (χ2v) is 7.28. The van der Waals surface area contributed by atoms with Crippen LogP contribution < -0.4 is 0 Å². The fraction of sp³-hybridized carbons (Fsp3) is 0.400. The van der Waals surface area contributed by atoms with Crippen molar-refractivity contribution in [2.45, 2.75) is 38.7 Å². The highest BCUT2D eigenvalue weighted by Crippen LogP contribution is 2.35. The second-order valence-electron chi connectivity index (χ2n) is 6.33. The molecule has 3 nitrogen and oxygen atoms in total. The zero-order valence-corrected chi connectivity index (χ0v) is 14.6. The van der Waals surface area contributed by atoms with Gasteiger partial charge in [0.05, 0.1) is 10.8 Å². The summed E-state index contributed by atoms with van der Waals surface area (Å²) in [6.45, 7) is 1.88. The van der Waals surface area contributed by atoms with E-state index in [0.717, 1.165) is 36.1 Å². The number of thiophene rings is 1. The van der Waals surface area contributed by atoms with Crippen LogP contribution in [0.5, 0.6) is 0 Å². The van der Waals surface area contributed by atoms with E-state index in [2.05, 4.69) is 0 Å². The summed E-state index contributed by atoms with van der Waals surface area (Å²) in [6.07, 6.45) is 3.20. The van der Waals surface area contributed by atoms with E-state index in [1.54, 1.807) is 0 Å². The molecule has 1 fully saturated rings. The van der Waals surface area contributed by atoms with Gasteiger partial charge in [0.2, 0.25) is 0 Å². The van der Waals surface area contributed by atoms with E-state index >= 15 is 0 Å². The number of esters is 1. The van der Waals surface area contributed by atoms with Gasteiger partial charge in [-0.05, 0) is 36.8 Å². The van der Waals surface area contributed by atoms with Gasteiger partial charge in [-0.15, -0.1) is 11.3 Å². The molecular formula is C20H22O3S. The third kappa shape index (κ3) is 3.75. The van der Waals surface area contributed by atoms with Crippen LogP contribution in [-0.2, 0) is 9.53 Å². The van der Waals surface area contributed by atoms with Crippen LogP contribution in [0.15, 0.2) is 47.8 Å². The molecule has 0 bridgehead atoms. The molecule has 1 aromatic heterocycles. The minimum Gasteiger partial charge on any atom is -0.458 e. The summed E-state index contributed by atoms with van der Waals surface area (Å²) in [4.78, 5) is 26.2. The molecule has 0 spiro atoms. The van der Waals surface area contributed by atoms with E-state index in [1.807, 2.05) is 54.8 Å². The molecule has 1 saturated carbocycles. The maximum Gasteiger partial charge on any atom is 0.310 e. The fourth-order valence-corrected chi connectivity index (χ4v) is 4.11. The Balaban J connectivity index is 1.70. The Bertz CT molecular complexity index is 678. The Morgan fingerprint density at radius 2 is 1.75 bits per heavy atom. The van der Waals surface area contributed by atoms with Gasteiger partial charge in [-0.2, -0.15) is 0 Å². The van der Waals surface area contributed by atoms with E-state index in [9.17, 15) is 9.59 Å². The van der Waals surface area contributed by atoms with Crippen molar-refractivity contribution in [3.8, 4) is 0 Å². The number of benzene rings is 1. The first kappa shape index (κ1) is 16.9. The number of carbonyl (C=O) groups is 2. The van der Waals surface area contributed by atoms with Gasteiger partial charge in [-0.25, -0.2) is 0 Å². The van der Waals surface area contributed by atoms with Gasteiger partial charge in [-0.1, -0.05) is 49.2 Å². The molecule has 3 atom stereocenters. The Morgan fingerprint density at radius 3 is 2.42 bits per heavy atom. The molecule has 2 aromatic rings. The van der Waals surface area contributed by atoms with Crippen molar-refractivity contribution in [1.29, 1.82) is 0 Å². The lowest BCUT2D eigenvalue weighted by molar-refractivity contribution is -0.156. The first-order chi connectivity index (χ1) is 11.7. The summed E-state index contributed by atoms with van der Waals surface area (Å²) in [7, 11) is 0. The van der Waals surface area contributed by atoms with E-state index in [4.69, 9.17) is 4.74 Å². The lowest BCUT2D eigenvalue weighted by Gasteiger charge is -2.29. The summed E-state index contributed by atoms with van der Waals surface area (Å²) in [5, 5.41) is 1.90. The number of hydrogen-bond acceptors (Lipinski definition) is 4. The monoisotopic (exact) mass is 342 g/mol. The molecule has 1 aliphatic carbocycles. The van der Waals surface area contributed by atoms with Crippen LogP contribution in [0.3, 0.4) is 0 Å². The van der Waals surface area contributed by atoms with E-state index in [0.29, 0.717) is 0 Å². The molecule has 0 amide bonds. The van der Waals surface area contributed by atoms with Crippen LogP contribution in [0.1, 0.15) is 53.9 Å². The molecule has 1 aliphatic rings. The average Bonchev–Trinajstić information content (AvgIpc) is 3.16. The lowest BCUT2D eigenvalue weighted by Crippen LogP contribution is -2.34. The molecule has 3 rings (SSSR count). The Kier molecular flexibility index (Phi) is 5.46. The highest BCUT2D eigenvalue weighted by molar-refractivity contribution is 7.12. The third-order valence-electron chi connectivity index (χ3n) is 4.73. The van der Waals surface area contributed by atoms with Gasteiger partial charge in [-0.3, -0.25) is 9.59 Å². The number of carbonyl (C=O) groups excluding carboxylic acids is 2. The molecule has 126 valence electrons. The molecule has 4 heteroatoms. The number of hydrogen-bond donors (Lipinski definition) is 0. The smallest absolute Gasteiger partial charge is 0.310 e. The van der Waals surface area contributed by atoms with Crippen molar-refractivity contribution in [1.82, 2.24) is 0 Å². The Labute approximate surface area is 146 Å². The highest BCUT2D eigenvalue weighted by Gasteiger charge is 2.38. The predicted molar refractivity (Wildman–Crippen MR) is 95.0 cm³/mol. The van der Waals surface area contributed by atoms with E-state index in [-0.39, 0.29) is 29.7 Å². The van der Waals surface area contributed by atoms with Crippen LogP contribution in [0.2, 0.25) is 0 Å². The molecule has 0 aliphatic heterocycles. The van der Waals surface area contributed by atoms with Gasteiger partial charge in [0, 0.05) is 5.92 Å². The van der Waals surface area contributed by atoms with Gasteiger partial charge < -0.3 is 4.74 Å². The van der Waals surface area contributed by atoms with Crippen molar-refractivity contribution in [3.63, 3.8) is 0 Å². The molecule has 1 heterocycles. The summed E-state index contributed by atoms with van der Waals surface area (Å²) < 4.78 is 5.69. The van der Waals surface area contributed by atoms with Gasteiger partial charge in [0.25, 0.3) is 0 Å². The minimum atomic E-state index is -0.320. The lowest BCUT2D eigenvalue weighted by atomic mass is 9.76. The van der Waals surface area contributed by atoms with Crippen molar-refractivity contribution < 1.29 is 14.3 Å². The molecule has 24 heavy (non-hydrogen) atoms. The summed E-state index contributed by atoms with van der Waals surface area (Å²) in [5.41, 5.74) is 0.975. The zero-order valence-electron chi connectivity index (χ0n) is 13.8. The average molecular weight is 342 g/mol. The molecule has 0 radical (unpaired) electrons. The molecule has 0 saturated heterocycles. The van der Waals surface area contributed by atoms with Gasteiger partial charge in [0.15, 0.2) is 5.78 Å². The maximum absolute atomic E-state index is 12.7.